The highest BCUT2D eigenvalue weighted by atomic mass is 16.7. The molecular weight excluding hydrogens is 1260 g/mol. The number of rotatable bonds is 83. The van der Waals surface area contributed by atoms with Crippen LogP contribution in [0, 0.1) is 0 Å². The molecule has 102 heavy (non-hydrogen) atoms. The van der Waals surface area contributed by atoms with E-state index in [4.69, 9.17) is 18.9 Å². The average Bonchev–Trinajstić information content (AvgIpc) is 1.02. The summed E-state index contributed by atoms with van der Waals surface area (Å²) in [4.78, 5) is 37.7. The van der Waals surface area contributed by atoms with Crippen LogP contribution in [-0.2, 0) is 33.3 Å². The number of unbranched alkanes of at least 4 members (excludes halogenated alkanes) is 54. The van der Waals surface area contributed by atoms with Gasteiger partial charge in [-0.15, -0.1) is 0 Å². The predicted octanol–water partition coefficient (Wildman–Crippen LogP) is 27.5. The average molecular weight is 1430 g/mol. The molecule has 594 valence electrons. The molecule has 9 nitrogen and oxygen atoms in total. The molecular formula is C93H169NO8. The number of likely N-dealkylation sites (N-methyl/N-ethyl adjacent to an activating group) is 1. The number of quaternary nitrogens is 1. The van der Waals surface area contributed by atoms with Crippen molar-refractivity contribution in [1.82, 2.24) is 0 Å². The Morgan fingerprint density at radius 2 is 0.559 bits per heavy atom. The first kappa shape index (κ1) is 98.5. The van der Waals surface area contributed by atoms with Crippen LogP contribution in [0.2, 0.25) is 0 Å². The van der Waals surface area contributed by atoms with Crippen molar-refractivity contribution in [3.63, 3.8) is 0 Å². The van der Waals surface area contributed by atoms with Crippen molar-refractivity contribution in [2.45, 2.75) is 444 Å². The molecule has 0 aromatic heterocycles. The van der Waals surface area contributed by atoms with Gasteiger partial charge in [-0.3, -0.25) is 9.59 Å². The van der Waals surface area contributed by atoms with Crippen LogP contribution in [-0.4, -0.2) is 82.3 Å². The van der Waals surface area contributed by atoms with E-state index >= 15 is 0 Å². The fraction of sp³-hybridized carbons (Fsp3) is 0.817. The van der Waals surface area contributed by atoms with E-state index in [0.717, 1.165) is 83.5 Å². The number of ether oxygens (including phenoxy) is 4. The van der Waals surface area contributed by atoms with Crippen LogP contribution >= 0.6 is 0 Å². The van der Waals surface area contributed by atoms with Gasteiger partial charge in [0.25, 0.3) is 0 Å². The summed E-state index contributed by atoms with van der Waals surface area (Å²) in [6.45, 7) is 4.70. The molecule has 0 fully saturated rings. The highest BCUT2D eigenvalue weighted by Gasteiger charge is 2.22. The van der Waals surface area contributed by atoms with Gasteiger partial charge in [0.15, 0.2) is 12.4 Å². The molecule has 0 aromatic rings. The fourth-order valence-electron chi connectivity index (χ4n) is 13.2. The molecule has 0 spiro atoms. The quantitative estimate of drug-likeness (QED) is 0.0195. The summed E-state index contributed by atoms with van der Waals surface area (Å²) in [6, 6.07) is 0. The first-order valence-electron chi connectivity index (χ1n) is 44.2. The first-order valence-corrected chi connectivity index (χ1v) is 44.2. The molecule has 0 rings (SSSR count). The second-order valence-electron chi connectivity index (χ2n) is 31.2. The molecule has 0 bridgehead atoms. The van der Waals surface area contributed by atoms with Crippen molar-refractivity contribution in [3.05, 3.63) is 85.1 Å². The van der Waals surface area contributed by atoms with E-state index in [-0.39, 0.29) is 32.2 Å². The number of carboxylic acid groups (broad SMARTS) is 1. The van der Waals surface area contributed by atoms with Crippen molar-refractivity contribution >= 4 is 17.9 Å². The van der Waals surface area contributed by atoms with Gasteiger partial charge in [-0.05, 0) is 70.6 Å². The van der Waals surface area contributed by atoms with Gasteiger partial charge in [-0.25, -0.2) is 0 Å². The molecule has 0 radical (unpaired) electrons. The number of nitrogens with zero attached hydrogens (tertiary/aromatic N) is 1. The number of carbonyl (C=O) groups is 3. The molecule has 0 amide bonds. The van der Waals surface area contributed by atoms with Crippen LogP contribution in [0.4, 0.5) is 0 Å². The van der Waals surface area contributed by atoms with Crippen molar-refractivity contribution in [3.8, 4) is 0 Å². The number of esters is 2. The lowest BCUT2D eigenvalue weighted by molar-refractivity contribution is -0.870. The van der Waals surface area contributed by atoms with E-state index in [0.29, 0.717) is 23.9 Å². The molecule has 0 aliphatic rings. The fourth-order valence-corrected chi connectivity index (χ4v) is 13.2. The van der Waals surface area contributed by atoms with Crippen LogP contribution in [0.25, 0.3) is 0 Å². The number of carbonyl (C=O) groups excluding carboxylic acids is 3. The highest BCUT2D eigenvalue weighted by Crippen LogP contribution is 2.21. The predicted molar refractivity (Wildman–Crippen MR) is 440 cm³/mol. The number of hydrogen-bond acceptors (Lipinski definition) is 8. The summed E-state index contributed by atoms with van der Waals surface area (Å²) >= 11 is 0. The van der Waals surface area contributed by atoms with Gasteiger partial charge in [-0.2, -0.15) is 0 Å². The zero-order valence-corrected chi connectivity index (χ0v) is 68.2. The number of carboxylic acids is 1. The Morgan fingerprint density at radius 1 is 0.304 bits per heavy atom. The third-order valence-electron chi connectivity index (χ3n) is 19.9. The normalized spacial score (nSPS) is 13.0. The molecule has 0 heterocycles. The van der Waals surface area contributed by atoms with E-state index < -0.39 is 24.3 Å². The Bertz CT molecular complexity index is 1960. The van der Waals surface area contributed by atoms with Gasteiger partial charge in [0.1, 0.15) is 13.2 Å². The molecule has 0 N–H and O–H groups in total. The van der Waals surface area contributed by atoms with E-state index in [1.54, 1.807) is 0 Å². The summed E-state index contributed by atoms with van der Waals surface area (Å²) < 4.78 is 22.9. The lowest BCUT2D eigenvalue weighted by Gasteiger charge is -2.26. The third-order valence-corrected chi connectivity index (χ3v) is 19.9. The summed E-state index contributed by atoms with van der Waals surface area (Å²) in [7, 11) is 5.95. The Morgan fingerprint density at radius 3 is 0.833 bits per heavy atom. The van der Waals surface area contributed by atoms with Crippen LogP contribution < -0.4 is 5.11 Å². The van der Waals surface area contributed by atoms with E-state index in [1.807, 2.05) is 21.1 Å². The second kappa shape index (κ2) is 83.1. The van der Waals surface area contributed by atoms with E-state index in [2.05, 4.69) is 98.9 Å². The Balaban J connectivity index is 3.94. The Hall–Kier alpha value is -3.53. The molecule has 0 aliphatic heterocycles. The van der Waals surface area contributed by atoms with Crippen LogP contribution in [0.15, 0.2) is 85.1 Å². The van der Waals surface area contributed by atoms with E-state index in [1.165, 1.54) is 315 Å². The van der Waals surface area contributed by atoms with Crippen LogP contribution in [0.1, 0.15) is 431 Å². The maximum Gasteiger partial charge on any atom is 0.306 e. The maximum absolute atomic E-state index is 13.0. The summed E-state index contributed by atoms with van der Waals surface area (Å²) in [6.07, 6.45) is 112. The molecule has 0 aliphatic carbocycles. The topological polar surface area (TPSA) is 111 Å². The molecule has 0 saturated carbocycles. The van der Waals surface area contributed by atoms with Crippen LogP contribution in [0.5, 0.6) is 0 Å². The smallest absolute Gasteiger partial charge is 0.306 e. The Labute approximate surface area is 633 Å². The molecule has 9 heteroatoms. The molecule has 0 saturated heterocycles. The van der Waals surface area contributed by atoms with Crippen molar-refractivity contribution in [2.75, 3.05) is 47.5 Å². The lowest BCUT2D eigenvalue weighted by atomic mass is 10.0. The summed E-state index contributed by atoms with van der Waals surface area (Å²) in [5, 5.41) is 11.9. The SMILES string of the molecule is CC/C=C\C/C=C\C/C=C\C/C=C\C/C=C\C/C=C\C/C=C\CCCCCCCCCCCCCCCCCC(=O)OC(COC(=O)CCCCCCCCCCCCCCCCCCCCCCCCCCCCCCCCCCCCCCCCCC)COC(OCC[N+](C)(C)C)C(=O)[O-]. The first-order chi connectivity index (χ1) is 50.1. The number of allylic oxidation sites excluding steroid dienone is 14. The Kier molecular flexibility index (Phi) is 80.2. The standard InChI is InChI=1S/C93H169NO8/c1-6-8-10-12-14-16-18-20-22-24-26-28-30-32-34-36-38-40-42-44-45-46-48-49-51-53-55-57-59-61-63-65-67-69-71-73-75-77-79-81-83-90(95)100-87-89(88-101-93(92(97)98)99-86-85-94(3,4)5)102-91(96)84-82-80-78-76-74-72-70-68-66-64-62-60-58-56-54-52-50-47-43-41-39-37-35-33-31-29-27-25-23-21-19-17-15-13-11-9-7-2/h9,11,15,17,21,23,27,29,33,35,39,41,47,50,89,93H,6-8,10,12-14,16,18-20,22,24-26,28,30-32,34,36-38,40,42-46,48-49,51-88H2,1-5H3/b11-9-,17-15-,23-21-,29-27-,35-33-,41-39-,50-47-. The summed E-state index contributed by atoms with van der Waals surface area (Å²) in [5.41, 5.74) is 0. The van der Waals surface area contributed by atoms with Gasteiger partial charge in [0.05, 0.1) is 40.3 Å². The van der Waals surface area contributed by atoms with Gasteiger partial charge in [0, 0.05) is 12.8 Å². The largest absolute Gasteiger partial charge is 0.545 e. The molecule has 0 aromatic carbocycles. The highest BCUT2D eigenvalue weighted by molar-refractivity contribution is 5.70. The van der Waals surface area contributed by atoms with Crippen molar-refractivity contribution < 1.29 is 42.9 Å². The minimum atomic E-state index is -1.62. The van der Waals surface area contributed by atoms with Crippen LogP contribution in [0.3, 0.4) is 0 Å². The zero-order valence-electron chi connectivity index (χ0n) is 68.2. The molecule has 2 unspecified atom stereocenters. The number of hydrogen-bond donors (Lipinski definition) is 0. The van der Waals surface area contributed by atoms with Crippen molar-refractivity contribution in [1.29, 1.82) is 0 Å². The van der Waals surface area contributed by atoms with Gasteiger partial charge in [-0.1, -0.05) is 433 Å². The van der Waals surface area contributed by atoms with Crippen molar-refractivity contribution in [2.24, 2.45) is 0 Å². The van der Waals surface area contributed by atoms with Gasteiger partial charge >= 0.3 is 11.9 Å². The minimum absolute atomic E-state index is 0.148. The van der Waals surface area contributed by atoms with E-state index in [9.17, 15) is 19.5 Å². The zero-order chi connectivity index (χ0) is 73.9. The number of aliphatic carboxylic acids is 1. The molecule has 2 atom stereocenters. The van der Waals surface area contributed by atoms with Gasteiger partial charge in [0.2, 0.25) is 0 Å². The second-order valence-corrected chi connectivity index (χ2v) is 31.2. The maximum atomic E-state index is 13.0. The lowest BCUT2D eigenvalue weighted by Crippen LogP contribution is -2.44. The third kappa shape index (κ3) is 83.7. The summed E-state index contributed by atoms with van der Waals surface area (Å²) in [5.74, 6) is -2.26. The minimum Gasteiger partial charge on any atom is -0.545 e. The van der Waals surface area contributed by atoms with Gasteiger partial charge < -0.3 is 33.3 Å². The monoisotopic (exact) mass is 1430 g/mol.